The average molecular weight is 137 g/mol. The van der Waals surface area contributed by atoms with Gasteiger partial charge in [-0.15, -0.1) is 12.3 Å². The van der Waals surface area contributed by atoms with E-state index in [2.05, 4.69) is 5.92 Å². The summed E-state index contributed by atoms with van der Waals surface area (Å²) in [5.41, 5.74) is 0. The third-order valence-corrected chi connectivity index (χ3v) is 1.90. The standard InChI is InChI=1S/C8H11NO/c1-3-4-7-5-6-9(2)8(7)10/h1,7H,4-6H2,2H3. The van der Waals surface area contributed by atoms with Crippen LogP contribution in [-0.2, 0) is 4.79 Å². The number of hydrogen-bond acceptors (Lipinski definition) is 1. The van der Waals surface area contributed by atoms with E-state index in [0.29, 0.717) is 6.42 Å². The zero-order valence-electron chi connectivity index (χ0n) is 6.13. The minimum atomic E-state index is 0.106. The average Bonchev–Trinajstić information content (AvgIpc) is 2.20. The van der Waals surface area contributed by atoms with Crippen LogP contribution in [0.5, 0.6) is 0 Å². The molecule has 0 aromatic carbocycles. The number of carbonyl (C=O) groups is 1. The maximum atomic E-state index is 11.1. The summed E-state index contributed by atoms with van der Waals surface area (Å²) < 4.78 is 0. The van der Waals surface area contributed by atoms with Gasteiger partial charge in [0.25, 0.3) is 0 Å². The molecule has 0 aliphatic carbocycles. The van der Waals surface area contributed by atoms with Crippen LogP contribution in [0.15, 0.2) is 0 Å². The molecule has 1 aliphatic heterocycles. The summed E-state index contributed by atoms with van der Waals surface area (Å²) in [6, 6.07) is 0. The van der Waals surface area contributed by atoms with Crippen LogP contribution in [0.2, 0.25) is 0 Å². The van der Waals surface area contributed by atoms with Crippen LogP contribution in [0.4, 0.5) is 0 Å². The van der Waals surface area contributed by atoms with Gasteiger partial charge >= 0.3 is 0 Å². The van der Waals surface area contributed by atoms with Gasteiger partial charge in [-0.2, -0.15) is 0 Å². The van der Waals surface area contributed by atoms with E-state index in [1.54, 1.807) is 4.90 Å². The zero-order chi connectivity index (χ0) is 7.56. The molecule has 0 N–H and O–H groups in total. The molecule has 2 nitrogen and oxygen atoms in total. The summed E-state index contributed by atoms with van der Waals surface area (Å²) >= 11 is 0. The first-order valence-electron chi connectivity index (χ1n) is 3.44. The molecule has 1 saturated heterocycles. The fraction of sp³-hybridized carbons (Fsp3) is 0.625. The second-order valence-corrected chi connectivity index (χ2v) is 2.65. The summed E-state index contributed by atoms with van der Waals surface area (Å²) in [5, 5.41) is 0. The van der Waals surface area contributed by atoms with Crippen LogP contribution in [0, 0.1) is 18.3 Å². The first kappa shape index (κ1) is 7.14. The minimum absolute atomic E-state index is 0.106. The maximum Gasteiger partial charge on any atom is 0.226 e. The Morgan fingerprint density at radius 3 is 3.00 bits per heavy atom. The minimum Gasteiger partial charge on any atom is -0.345 e. The first-order valence-corrected chi connectivity index (χ1v) is 3.44. The Labute approximate surface area is 61.2 Å². The van der Waals surface area contributed by atoms with Crippen molar-refractivity contribution < 1.29 is 4.79 Å². The molecule has 1 unspecified atom stereocenters. The molecule has 1 rings (SSSR count). The molecule has 0 spiro atoms. The van der Waals surface area contributed by atoms with Crippen molar-refractivity contribution >= 4 is 5.91 Å². The summed E-state index contributed by atoms with van der Waals surface area (Å²) in [6.45, 7) is 0.866. The van der Waals surface area contributed by atoms with E-state index in [1.165, 1.54) is 0 Å². The molecule has 1 aliphatic rings. The van der Waals surface area contributed by atoms with E-state index in [9.17, 15) is 4.79 Å². The van der Waals surface area contributed by atoms with Crippen molar-refractivity contribution in [2.24, 2.45) is 5.92 Å². The van der Waals surface area contributed by atoms with Crippen LogP contribution >= 0.6 is 0 Å². The molecule has 0 aromatic rings. The number of carbonyl (C=O) groups excluding carboxylic acids is 1. The van der Waals surface area contributed by atoms with Gasteiger partial charge in [0.2, 0.25) is 5.91 Å². The smallest absolute Gasteiger partial charge is 0.226 e. The Kier molecular flexibility index (Phi) is 1.96. The predicted octanol–water partition coefficient (Wildman–Crippen LogP) is 0.488. The molecule has 2 heteroatoms. The summed E-state index contributed by atoms with van der Waals surface area (Å²) in [7, 11) is 1.82. The fourth-order valence-corrected chi connectivity index (χ4v) is 1.23. The fourth-order valence-electron chi connectivity index (χ4n) is 1.23. The van der Waals surface area contributed by atoms with Gasteiger partial charge in [-0.1, -0.05) is 0 Å². The van der Waals surface area contributed by atoms with Gasteiger partial charge in [-0.3, -0.25) is 4.79 Å². The van der Waals surface area contributed by atoms with Crippen molar-refractivity contribution in [1.82, 2.24) is 4.90 Å². The highest BCUT2D eigenvalue weighted by atomic mass is 16.2. The second-order valence-electron chi connectivity index (χ2n) is 2.65. The number of rotatable bonds is 1. The number of nitrogens with zero attached hydrogens (tertiary/aromatic N) is 1. The van der Waals surface area contributed by atoms with Gasteiger partial charge in [0.1, 0.15) is 0 Å². The SMILES string of the molecule is C#CCC1CCN(C)C1=O. The number of likely N-dealkylation sites (tertiary alicyclic amines) is 1. The molecule has 1 amide bonds. The van der Waals surface area contributed by atoms with E-state index >= 15 is 0 Å². The van der Waals surface area contributed by atoms with Gasteiger partial charge in [0.15, 0.2) is 0 Å². The summed E-state index contributed by atoms with van der Waals surface area (Å²) in [6.07, 6.45) is 6.63. The van der Waals surface area contributed by atoms with E-state index in [0.717, 1.165) is 13.0 Å². The molecule has 54 valence electrons. The van der Waals surface area contributed by atoms with E-state index < -0.39 is 0 Å². The Hall–Kier alpha value is -0.970. The van der Waals surface area contributed by atoms with Crippen LogP contribution in [0.25, 0.3) is 0 Å². The Balaban J connectivity index is 2.51. The molecule has 0 aromatic heterocycles. The van der Waals surface area contributed by atoms with Gasteiger partial charge in [0.05, 0.1) is 5.92 Å². The zero-order valence-corrected chi connectivity index (χ0v) is 6.13. The largest absolute Gasteiger partial charge is 0.345 e. The second kappa shape index (κ2) is 2.74. The normalized spacial score (nSPS) is 25.0. The quantitative estimate of drug-likeness (QED) is 0.481. The molecule has 1 atom stereocenters. The lowest BCUT2D eigenvalue weighted by Crippen LogP contribution is -2.22. The molecule has 0 saturated carbocycles. The van der Waals surface area contributed by atoms with Crippen LogP contribution in [-0.4, -0.2) is 24.4 Å². The molecular formula is C8H11NO. The maximum absolute atomic E-state index is 11.1. The highest BCUT2D eigenvalue weighted by molar-refractivity contribution is 5.80. The van der Waals surface area contributed by atoms with Crippen molar-refractivity contribution in [1.29, 1.82) is 0 Å². The highest BCUT2D eigenvalue weighted by Gasteiger charge is 2.27. The molecule has 10 heavy (non-hydrogen) atoms. The Morgan fingerprint density at radius 2 is 2.60 bits per heavy atom. The first-order chi connectivity index (χ1) is 4.75. The summed E-state index contributed by atoms with van der Waals surface area (Å²) in [5.74, 6) is 2.83. The van der Waals surface area contributed by atoms with E-state index in [1.807, 2.05) is 7.05 Å². The summed E-state index contributed by atoms with van der Waals surface area (Å²) in [4.78, 5) is 12.9. The van der Waals surface area contributed by atoms with Crippen molar-refractivity contribution in [2.45, 2.75) is 12.8 Å². The van der Waals surface area contributed by atoms with E-state index in [4.69, 9.17) is 6.42 Å². The van der Waals surface area contributed by atoms with Crippen LogP contribution < -0.4 is 0 Å². The number of terminal acetylenes is 1. The lowest BCUT2D eigenvalue weighted by atomic mass is 10.1. The Bertz CT molecular complexity index is 180. The molecule has 0 radical (unpaired) electrons. The van der Waals surface area contributed by atoms with Crippen molar-refractivity contribution in [3.8, 4) is 12.3 Å². The third kappa shape index (κ3) is 1.13. The van der Waals surface area contributed by atoms with Gasteiger partial charge in [0, 0.05) is 20.0 Å². The van der Waals surface area contributed by atoms with Crippen LogP contribution in [0.1, 0.15) is 12.8 Å². The molecular weight excluding hydrogens is 126 g/mol. The number of hydrogen-bond donors (Lipinski definition) is 0. The number of amides is 1. The Morgan fingerprint density at radius 1 is 1.90 bits per heavy atom. The van der Waals surface area contributed by atoms with Crippen molar-refractivity contribution in [3.63, 3.8) is 0 Å². The predicted molar refractivity (Wildman–Crippen MR) is 39.2 cm³/mol. The molecule has 0 bridgehead atoms. The molecule has 1 heterocycles. The lowest BCUT2D eigenvalue weighted by Gasteiger charge is -2.06. The highest BCUT2D eigenvalue weighted by Crippen LogP contribution is 2.18. The van der Waals surface area contributed by atoms with Crippen LogP contribution in [0.3, 0.4) is 0 Å². The van der Waals surface area contributed by atoms with Crippen molar-refractivity contribution in [3.05, 3.63) is 0 Å². The molecule has 1 fully saturated rings. The lowest BCUT2D eigenvalue weighted by molar-refractivity contribution is -0.129. The topological polar surface area (TPSA) is 20.3 Å². The third-order valence-electron chi connectivity index (χ3n) is 1.90. The van der Waals surface area contributed by atoms with E-state index in [-0.39, 0.29) is 11.8 Å². The van der Waals surface area contributed by atoms with Gasteiger partial charge in [-0.05, 0) is 6.42 Å². The van der Waals surface area contributed by atoms with Crippen molar-refractivity contribution in [2.75, 3.05) is 13.6 Å². The van der Waals surface area contributed by atoms with Gasteiger partial charge < -0.3 is 4.90 Å². The monoisotopic (exact) mass is 137 g/mol. The van der Waals surface area contributed by atoms with Gasteiger partial charge in [-0.25, -0.2) is 0 Å².